The van der Waals surface area contributed by atoms with Gasteiger partial charge in [-0.3, -0.25) is 14.6 Å². The number of benzene rings is 2. The second-order valence-electron chi connectivity index (χ2n) is 6.27. The molecule has 0 amide bonds. The van der Waals surface area contributed by atoms with Gasteiger partial charge in [-0.1, -0.05) is 42.5 Å². The van der Waals surface area contributed by atoms with Crippen molar-refractivity contribution in [2.75, 3.05) is 0 Å². The molecule has 3 rings (SSSR count). The number of aromatic nitrogens is 1. The normalized spacial score (nSPS) is 12.4. The summed E-state index contributed by atoms with van der Waals surface area (Å²) < 4.78 is 38.3. The fourth-order valence-corrected chi connectivity index (χ4v) is 2.91. The number of alkyl halides is 3. The third-order valence-electron chi connectivity index (χ3n) is 4.41. The Morgan fingerprint density at radius 3 is 2.00 bits per heavy atom. The number of pyridine rings is 1. The highest BCUT2D eigenvalue weighted by Crippen LogP contribution is 2.31. The van der Waals surface area contributed by atoms with Crippen LogP contribution in [0.3, 0.4) is 0 Å². The molecule has 0 spiro atoms. The van der Waals surface area contributed by atoms with E-state index < -0.39 is 23.4 Å². The van der Waals surface area contributed by atoms with Gasteiger partial charge in [-0.25, -0.2) is 0 Å². The standard InChI is InChI=1S/C22H16F3NO2/c23-22(24,25)18-8-6-17(7-9-18)21(28)19(15-10-12-26-13-11-15)14-20(27)16-4-2-1-3-5-16/h1-13,19H,14H2. The molecule has 3 aromatic rings. The van der Waals surface area contributed by atoms with Crippen LogP contribution in [0.4, 0.5) is 13.2 Å². The number of carbonyl (C=O) groups excluding carboxylic acids is 2. The largest absolute Gasteiger partial charge is 0.416 e. The zero-order chi connectivity index (χ0) is 20.1. The maximum atomic E-state index is 13.0. The van der Waals surface area contributed by atoms with E-state index >= 15 is 0 Å². The fourth-order valence-electron chi connectivity index (χ4n) is 2.91. The minimum absolute atomic E-state index is 0.0894. The molecule has 1 heterocycles. The maximum absolute atomic E-state index is 13.0. The SMILES string of the molecule is O=C(CC(C(=O)c1ccc(C(F)(F)F)cc1)c1ccncc1)c1ccccc1. The summed E-state index contributed by atoms with van der Waals surface area (Å²) in [5.74, 6) is -1.45. The van der Waals surface area contributed by atoms with Crippen molar-refractivity contribution in [1.82, 2.24) is 4.98 Å². The molecule has 6 heteroatoms. The molecule has 0 N–H and O–H groups in total. The lowest BCUT2D eigenvalue weighted by Crippen LogP contribution is -2.18. The Hall–Kier alpha value is -3.28. The molecule has 1 unspecified atom stereocenters. The number of rotatable bonds is 6. The van der Waals surface area contributed by atoms with E-state index in [1.807, 2.05) is 0 Å². The molecule has 3 nitrogen and oxygen atoms in total. The average Bonchev–Trinajstić information content (AvgIpc) is 2.72. The summed E-state index contributed by atoms with van der Waals surface area (Å²) in [5.41, 5.74) is 0.353. The van der Waals surface area contributed by atoms with E-state index in [0.29, 0.717) is 11.1 Å². The molecule has 0 radical (unpaired) electrons. The third-order valence-corrected chi connectivity index (χ3v) is 4.41. The number of nitrogens with zero attached hydrogens (tertiary/aromatic N) is 1. The van der Waals surface area contributed by atoms with Crippen LogP contribution in [0.2, 0.25) is 0 Å². The summed E-state index contributed by atoms with van der Waals surface area (Å²) >= 11 is 0. The molecule has 0 saturated carbocycles. The minimum atomic E-state index is -4.48. The molecule has 1 atom stereocenters. The molecule has 0 fully saturated rings. The molecule has 0 aliphatic carbocycles. The highest BCUT2D eigenvalue weighted by Gasteiger charge is 2.31. The van der Waals surface area contributed by atoms with Gasteiger partial charge in [-0.05, 0) is 29.8 Å². The first-order valence-electron chi connectivity index (χ1n) is 8.56. The number of hydrogen-bond acceptors (Lipinski definition) is 3. The Morgan fingerprint density at radius 2 is 1.43 bits per heavy atom. The molecule has 0 saturated heterocycles. The van der Waals surface area contributed by atoms with Gasteiger partial charge in [0, 0.05) is 29.9 Å². The van der Waals surface area contributed by atoms with Crippen molar-refractivity contribution in [1.29, 1.82) is 0 Å². The highest BCUT2D eigenvalue weighted by molar-refractivity contribution is 6.06. The monoisotopic (exact) mass is 383 g/mol. The molecule has 28 heavy (non-hydrogen) atoms. The van der Waals surface area contributed by atoms with E-state index in [4.69, 9.17) is 0 Å². The average molecular weight is 383 g/mol. The summed E-state index contributed by atoms with van der Waals surface area (Å²) in [7, 11) is 0. The predicted octanol–water partition coefficient (Wildman–Crippen LogP) is 5.34. The summed E-state index contributed by atoms with van der Waals surface area (Å²) in [6, 6.07) is 15.9. The molecular weight excluding hydrogens is 367 g/mol. The molecular formula is C22H16F3NO2. The third kappa shape index (κ3) is 4.52. The van der Waals surface area contributed by atoms with Crippen LogP contribution < -0.4 is 0 Å². The highest BCUT2D eigenvalue weighted by atomic mass is 19.4. The van der Waals surface area contributed by atoms with Crippen LogP contribution in [-0.4, -0.2) is 16.6 Å². The summed E-state index contributed by atoms with van der Waals surface area (Å²) in [6.45, 7) is 0. The van der Waals surface area contributed by atoms with Crippen LogP contribution >= 0.6 is 0 Å². The topological polar surface area (TPSA) is 47.0 Å². The van der Waals surface area contributed by atoms with Crippen LogP contribution in [-0.2, 0) is 6.18 Å². The Morgan fingerprint density at radius 1 is 0.821 bits per heavy atom. The van der Waals surface area contributed by atoms with Crippen molar-refractivity contribution in [3.05, 3.63) is 101 Å². The van der Waals surface area contributed by atoms with Gasteiger partial charge in [0.1, 0.15) is 0 Å². The van der Waals surface area contributed by atoms with Gasteiger partial charge in [-0.2, -0.15) is 13.2 Å². The lowest BCUT2D eigenvalue weighted by Gasteiger charge is -2.16. The summed E-state index contributed by atoms with van der Waals surface area (Å²) in [4.78, 5) is 29.6. The molecule has 2 aromatic carbocycles. The lowest BCUT2D eigenvalue weighted by molar-refractivity contribution is -0.137. The van der Waals surface area contributed by atoms with E-state index in [-0.39, 0.29) is 17.8 Å². The zero-order valence-electron chi connectivity index (χ0n) is 14.7. The van der Waals surface area contributed by atoms with Crippen molar-refractivity contribution in [3.63, 3.8) is 0 Å². The first kappa shape index (κ1) is 19.5. The van der Waals surface area contributed by atoms with E-state index in [0.717, 1.165) is 24.3 Å². The Kier molecular flexibility index (Phi) is 5.68. The molecule has 0 bridgehead atoms. The maximum Gasteiger partial charge on any atom is 0.416 e. The quantitative estimate of drug-likeness (QED) is 0.540. The molecule has 1 aromatic heterocycles. The molecule has 0 aliphatic heterocycles. The smallest absolute Gasteiger partial charge is 0.294 e. The van der Waals surface area contributed by atoms with Crippen LogP contribution in [0.1, 0.15) is 44.2 Å². The predicted molar refractivity (Wildman–Crippen MR) is 98.1 cm³/mol. The van der Waals surface area contributed by atoms with Crippen molar-refractivity contribution >= 4 is 11.6 Å². The van der Waals surface area contributed by atoms with E-state index in [9.17, 15) is 22.8 Å². The van der Waals surface area contributed by atoms with Gasteiger partial charge >= 0.3 is 6.18 Å². The van der Waals surface area contributed by atoms with Gasteiger partial charge in [-0.15, -0.1) is 0 Å². The van der Waals surface area contributed by atoms with E-state index in [1.54, 1.807) is 42.5 Å². The van der Waals surface area contributed by atoms with Crippen LogP contribution in [0.5, 0.6) is 0 Å². The number of Topliss-reactive ketones (excluding diaryl/α,β-unsaturated/α-hetero) is 2. The fraction of sp³-hybridized carbons (Fsp3) is 0.136. The van der Waals surface area contributed by atoms with Gasteiger partial charge < -0.3 is 0 Å². The van der Waals surface area contributed by atoms with Gasteiger partial charge in [0.2, 0.25) is 0 Å². The van der Waals surface area contributed by atoms with Crippen LogP contribution in [0.25, 0.3) is 0 Å². The molecule has 142 valence electrons. The second kappa shape index (κ2) is 8.17. The molecule has 0 aliphatic rings. The first-order chi connectivity index (χ1) is 13.4. The van der Waals surface area contributed by atoms with Crippen molar-refractivity contribution in [2.24, 2.45) is 0 Å². The van der Waals surface area contributed by atoms with Gasteiger partial charge in [0.05, 0.1) is 11.5 Å². The van der Waals surface area contributed by atoms with Gasteiger partial charge in [0.15, 0.2) is 11.6 Å². The van der Waals surface area contributed by atoms with Crippen molar-refractivity contribution in [3.8, 4) is 0 Å². The number of halogens is 3. The van der Waals surface area contributed by atoms with Gasteiger partial charge in [0.25, 0.3) is 0 Å². The Labute approximate surface area is 159 Å². The second-order valence-corrected chi connectivity index (χ2v) is 6.27. The minimum Gasteiger partial charge on any atom is -0.294 e. The number of ketones is 2. The summed E-state index contributed by atoms with van der Waals surface area (Å²) in [5, 5.41) is 0. The van der Waals surface area contributed by atoms with Crippen molar-refractivity contribution < 1.29 is 22.8 Å². The zero-order valence-corrected chi connectivity index (χ0v) is 14.7. The lowest BCUT2D eigenvalue weighted by atomic mass is 9.85. The first-order valence-corrected chi connectivity index (χ1v) is 8.56. The van der Waals surface area contributed by atoms with Crippen LogP contribution in [0.15, 0.2) is 79.1 Å². The van der Waals surface area contributed by atoms with E-state index in [2.05, 4.69) is 4.98 Å². The Bertz CT molecular complexity index is 953. The van der Waals surface area contributed by atoms with Crippen molar-refractivity contribution in [2.45, 2.75) is 18.5 Å². The number of hydrogen-bond donors (Lipinski definition) is 0. The van der Waals surface area contributed by atoms with E-state index in [1.165, 1.54) is 12.4 Å². The summed E-state index contributed by atoms with van der Waals surface area (Å²) in [6.07, 6.45) is -1.55. The van der Waals surface area contributed by atoms with Crippen LogP contribution in [0, 0.1) is 0 Å². The number of carbonyl (C=O) groups is 2. The Balaban J connectivity index is 1.91.